The molecule has 0 radical (unpaired) electrons. The third-order valence-corrected chi connectivity index (χ3v) is 9.51. The maximum atomic E-state index is 6.43. The highest BCUT2D eigenvalue weighted by Gasteiger charge is 2.21. The standard InChI is InChI=1S/C40H36N2OS/c1-39(2,3)26-21-25(22-27(23-26)40(4,5)6)24-41-33-18-9-7-14-32(33)38-42-36-29(15-12-19-34(36)43-38)31-17-11-16-30-28-13-8-10-20-35(28)44-37(30)31/h7-24H,1-6H3. The van der Waals surface area contributed by atoms with Crippen molar-refractivity contribution < 1.29 is 4.42 Å². The molecule has 7 aromatic rings. The Morgan fingerprint density at radius 3 is 2.07 bits per heavy atom. The van der Waals surface area contributed by atoms with Gasteiger partial charge in [-0.3, -0.25) is 4.99 Å². The van der Waals surface area contributed by atoms with Crippen molar-refractivity contribution in [2.24, 2.45) is 4.99 Å². The minimum absolute atomic E-state index is 0.0395. The van der Waals surface area contributed by atoms with Gasteiger partial charge in [0.15, 0.2) is 5.58 Å². The molecule has 0 saturated carbocycles. The molecule has 2 heterocycles. The number of thiophene rings is 1. The Bertz CT molecular complexity index is 2170. The van der Waals surface area contributed by atoms with Crippen molar-refractivity contribution in [2.45, 2.75) is 52.4 Å². The van der Waals surface area contributed by atoms with Gasteiger partial charge >= 0.3 is 0 Å². The molecule has 0 aliphatic heterocycles. The zero-order chi connectivity index (χ0) is 30.6. The van der Waals surface area contributed by atoms with Gasteiger partial charge in [0.25, 0.3) is 0 Å². The van der Waals surface area contributed by atoms with Crippen LogP contribution in [0.3, 0.4) is 0 Å². The van der Waals surface area contributed by atoms with Crippen molar-refractivity contribution in [3.05, 3.63) is 120 Å². The summed E-state index contributed by atoms with van der Waals surface area (Å²) in [5.74, 6) is 0.572. The first-order chi connectivity index (χ1) is 21.1. The summed E-state index contributed by atoms with van der Waals surface area (Å²) in [6.45, 7) is 13.5. The van der Waals surface area contributed by atoms with Crippen LogP contribution in [0.2, 0.25) is 0 Å². The van der Waals surface area contributed by atoms with Crippen LogP contribution in [0, 0.1) is 0 Å². The minimum Gasteiger partial charge on any atom is -0.436 e. The highest BCUT2D eigenvalue weighted by molar-refractivity contribution is 7.26. The maximum absolute atomic E-state index is 6.43. The number of hydrogen-bond donors (Lipinski definition) is 0. The molecule has 0 aliphatic carbocycles. The molecular formula is C40H36N2OS. The Morgan fingerprint density at radius 2 is 1.30 bits per heavy atom. The number of rotatable bonds is 4. The fourth-order valence-electron chi connectivity index (χ4n) is 5.74. The molecule has 0 spiro atoms. The van der Waals surface area contributed by atoms with Crippen molar-refractivity contribution in [3.8, 4) is 22.6 Å². The van der Waals surface area contributed by atoms with Gasteiger partial charge in [-0.05, 0) is 63.9 Å². The summed E-state index contributed by atoms with van der Waals surface area (Å²) in [7, 11) is 0. The number of hydrogen-bond acceptors (Lipinski definition) is 4. The van der Waals surface area contributed by atoms with Crippen LogP contribution in [0.5, 0.6) is 0 Å². The normalized spacial score (nSPS) is 12.7. The minimum atomic E-state index is 0.0395. The number of aromatic nitrogens is 1. The summed E-state index contributed by atoms with van der Waals surface area (Å²) in [5, 5.41) is 2.56. The van der Waals surface area contributed by atoms with Gasteiger partial charge in [0.1, 0.15) is 5.52 Å². The van der Waals surface area contributed by atoms with E-state index in [4.69, 9.17) is 14.4 Å². The van der Waals surface area contributed by atoms with Crippen molar-refractivity contribution in [2.75, 3.05) is 0 Å². The largest absolute Gasteiger partial charge is 0.436 e. The lowest BCUT2D eigenvalue weighted by Gasteiger charge is -2.25. The second kappa shape index (κ2) is 10.6. The summed E-state index contributed by atoms with van der Waals surface area (Å²) >= 11 is 1.83. The monoisotopic (exact) mass is 592 g/mol. The average Bonchev–Trinajstić information content (AvgIpc) is 3.61. The van der Waals surface area contributed by atoms with Crippen LogP contribution in [-0.2, 0) is 10.8 Å². The van der Waals surface area contributed by atoms with Crippen molar-refractivity contribution in [3.63, 3.8) is 0 Å². The fraction of sp³-hybridized carbons (Fsp3) is 0.200. The van der Waals surface area contributed by atoms with Gasteiger partial charge in [-0.1, -0.05) is 108 Å². The van der Waals surface area contributed by atoms with Crippen LogP contribution < -0.4 is 0 Å². The van der Waals surface area contributed by atoms with Gasteiger partial charge in [0.2, 0.25) is 5.89 Å². The molecule has 3 nitrogen and oxygen atoms in total. The predicted octanol–water partition coefficient (Wildman–Crippen LogP) is 11.9. The maximum Gasteiger partial charge on any atom is 0.229 e. The SMILES string of the molecule is CC(C)(C)c1cc(C=Nc2ccccc2-c2nc3c(-c4cccc5c4sc4ccccc45)cccc3o2)cc(C(C)(C)C)c1. The number of fused-ring (bicyclic) bond motifs is 4. The van der Waals surface area contributed by atoms with E-state index in [0.29, 0.717) is 5.89 Å². The third-order valence-electron chi connectivity index (χ3n) is 8.29. The zero-order valence-corrected chi connectivity index (χ0v) is 26.9. The second-order valence-corrected chi connectivity index (χ2v) is 14.6. The quantitative estimate of drug-likeness (QED) is 0.191. The first kappa shape index (κ1) is 28.2. The van der Waals surface area contributed by atoms with Crippen LogP contribution >= 0.6 is 11.3 Å². The number of para-hydroxylation sites is 2. The molecule has 0 amide bonds. The number of oxazole rings is 1. The molecule has 5 aromatic carbocycles. The molecule has 0 saturated heterocycles. The molecule has 218 valence electrons. The fourth-order valence-corrected chi connectivity index (χ4v) is 6.97. The summed E-state index contributed by atoms with van der Waals surface area (Å²) in [6.07, 6.45) is 1.97. The van der Waals surface area contributed by atoms with E-state index in [2.05, 4.69) is 114 Å². The zero-order valence-electron chi connectivity index (χ0n) is 26.1. The van der Waals surface area contributed by atoms with Crippen LogP contribution in [0.4, 0.5) is 5.69 Å². The summed E-state index contributed by atoms with van der Waals surface area (Å²) in [4.78, 5) is 10.1. The van der Waals surface area contributed by atoms with Crippen LogP contribution in [-0.4, -0.2) is 11.2 Å². The Balaban J connectivity index is 1.32. The molecule has 0 fully saturated rings. The summed E-state index contributed by atoms with van der Waals surface area (Å²) in [6, 6.07) is 36.3. The van der Waals surface area contributed by atoms with E-state index in [1.54, 1.807) is 0 Å². The summed E-state index contributed by atoms with van der Waals surface area (Å²) in [5.41, 5.74) is 9.35. The lowest BCUT2D eigenvalue weighted by molar-refractivity contribution is 0.568. The molecule has 4 heteroatoms. The second-order valence-electron chi connectivity index (χ2n) is 13.6. The van der Waals surface area contributed by atoms with Crippen molar-refractivity contribution in [1.82, 2.24) is 4.98 Å². The Hall–Kier alpha value is -4.54. The van der Waals surface area contributed by atoms with Crippen LogP contribution in [0.25, 0.3) is 53.9 Å². The smallest absolute Gasteiger partial charge is 0.229 e. The Morgan fingerprint density at radius 1 is 0.659 bits per heavy atom. The highest BCUT2D eigenvalue weighted by atomic mass is 32.1. The average molecular weight is 593 g/mol. The molecule has 0 N–H and O–H groups in total. The van der Waals surface area contributed by atoms with Crippen LogP contribution in [0.15, 0.2) is 113 Å². The van der Waals surface area contributed by atoms with Gasteiger partial charge in [-0.15, -0.1) is 11.3 Å². The molecular weight excluding hydrogens is 557 g/mol. The van der Waals surface area contributed by atoms with Gasteiger partial charge < -0.3 is 4.42 Å². The van der Waals surface area contributed by atoms with Gasteiger partial charge in [-0.25, -0.2) is 4.98 Å². The molecule has 44 heavy (non-hydrogen) atoms. The van der Waals surface area contributed by atoms with Gasteiger partial charge in [0.05, 0.1) is 11.3 Å². The third kappa shape index (κ3) is 5.14. The number of aliphatic imine (C=N–C) groups is 1. The van der Waals surface area contributed by atoms with E-state index < -0.39 is 0 Å². The van der Waals surface area contributed by atoms with Crippen molar-refractivity contribution >= 4 is 54.5 Å². The molecule has 7 rings (SSSR count). The van der Waals surface area contributed by atoms with Gasteiger partial charge in [-0.2, -0.15) is 0 Å². The topological polar surface area (TPSA) is 38.4 Å². The lowest BCUT2D eigenvalue weighted by atomic mass is 9.79. The Labute approximate surface area is 262 Å². The Kier molecular flexibility index (Phi) is 6.78. The number of benzene rings is 5. The first-order valence-electron chi connectivity index (χ1n) is 15.2. The van der Waals surface area contributed by atoms with Crippen LogP contribution in [0.1, 0.15) is 58.2 Å². The van der Waals surface area contributed by atoms with E-state index in [0.717, 1.165) is 33.5 Å². The molecule has 0 aliphatic rings. The van der Waals surface area contributed by atoms with E-state index >= 15 is 0 Å². The van der Waals surface area contributed by atoms with E-state index in [-0.39, 0.29) is 10.8 Å². The highest BCUT2D eigenvalue weighted by Crippen LogP contribution is 2.42. The summed E-state index contributed by atoms with van der Waals surface area (Å²) < 4.78 is 8.98. The van der Waals surface area contributed by atoms with E-state index in [1.807, 2.05) is 47.9 Å². The van der Waals surface area contributed by atoms with Crippen molar-refractivity contribution in [1.29, 1.82) is 0 Å². The lowest BCUT2D eigenvalue weighted by Crippen LogP contribution is -2.17. The number of nitrogens with zero attached hydrogens (tertiary/aromatic N) is 2. The molecule has 0 unspecified atom stereocenters. The molecule has 2 aromatic heterocycles. The van der Waals surface area contributed by atoms with E-state index in [1.165, 1.54) is 36.9 Å². The predicted molar refractivity (Wildman–Crippen MR) is 189 cm³/mol. The first-order valence-corrected chi connectivity index (χ1v) is 16.0. The molecule has 0 bridgehead atoms. The van der Waals surface area contributed by atoms with Gasteiger partial charge in [0, 0.05) is 37.5 Å². The molecule has 0 atom stereocenters. The van der Waals surface area contributed by atoms with E-state index in [9.17, 15) is 0 Å².